The number of imide groups is 1. The molecule has 2 aromatic rings. The van der Waals surface area contributed by atoms with E-state index in [4.69, 9.17) is 14.2 Å². The third-order valence-electron chi connectivity index (χ3n) is 13.0. The van der Waals surface area contributed by atoms with Crippen molar-refractivity contribution in [1.29, 1.82) is 0 Å². The molecule has 1 unspecified atom stereocenters. The van der Waals surface area contributed by atoms with E-state index in [0.29, 0.717) is 113 Å². The molecule has 2 aliphatic rings. The minimum absolute atomic E-state index is 0.0702. The maximum atomic E-state index is 12.6. The van der Waals surface area contributed by atoms with E-state index in [2.05, 4.69) is 33.2 Å². The number of hydrogen-bond donors (Lipinski definition) is 6. The summed E-state index contributed by atoms with van der Waals surface area (Å²) in [6, 6.07) is 7.93. The number of nitrogens with one attached hydrogen (secondary N) is 2. The average molecular weight is 1300 g/mol. The van der Waals surface area contributed by atoms with Crippen molar-refractivity contribution in [2.24, 2.45) is 0 Å². The number of anilines is 2. The zero-order chi connectivity index (χ0) is 58.7. The largest absolute Gasteiger partial charge is 0.384 e. The zero-order valence-corrected chi connectivity index (χ0v) is 50.1. The zero-order valence-electron chi connectivity index (χ0n) is 44.7. The van der Waals surface area contributed by atoms with Crippen LogP contribution >= 0.6 is 22.6 Å². The Bertz CT molecular complexity index is 3050. The highest BCUT2D eigenvalue weighted by Gasteiger charge is 2.41. The van der Waals surface area contributed by atoms with E-state index in [9.17, 15) is 66.3 Å². The number of alkyl halides is 1. The number of ether oxygens (including phenoxy) is 3. The van der Waals surface area contributed by atoms with E-state index in [0.717, 1.165) is 24.8 Å². The van der Waals surface area contributed by atoms with E-state index in [1.165, 1.54) is 53.5 Å². The molecule has 22 nitrogen and oxygen atoms in total. The maximum absolute atomic E-state index is 12.6. The second kappa shape index (κ2) is 30.6. The van der Waals surface area contributed by atoms with Crippen LogP contribution in [-0.2, 0) is 79.9 Å². The highest BCUT2D eigenvalue weighted by molar-refractivity contribution is 14.1. The standard InChI is InChI=1S/C52H73IN4O18S4/c1-51(2,42-37-40(78(67,68)69)19-21-44(42)54-26-35-76(61,62)63)46(53)16-9-14-39(15-10-17-47-52(3,4)43-38-41(79(70,71)72)20-22-45(43)56(47)28-36-77(64,65)66)13-7-5-6-8-18-48(58)55-25-11-29-73-31-33-75-34-32-74-30-12-27-57-49(59)23-24-50(57)60/h9-10,14-17,19-24,37-38,46,54H,5-8,11-13,18,25-36H2,1-4H3,(H,55,58)(H,61,62,63)(H,64,65,66)(H,67,68,69)(H,70,71,72)/b15-10+,16-9+,39-14+,47-17?. The highest BCUT2D eigenvalue weighted by atomic mass is 127. The van der Waals surface area contributed by atoms with Crippen LogP contribution in [0.1, 0.15) is 90.2 Å². The SMILES string of the molecule is CC1(C)C(=C/C=C/C(=C/C=C/C(I)C(C)(C)c2cc(S(=O)(=O)O)ccc2NCCS(=O)(=O)O)CCCCCCC(=O)NCCCOCCOCCOCCCN2C(=O)C=CC2=O)N(CCS(=O)(=O)O)c2ccc(S(=O)(=O)O)cc21. The third kappa shape index (κ3) is 22.5. The molecule has 0 aliphatic carbocycles. The molecule has 0 radical (unpaired) electrons. The van der Waals surface area contributed by atoms with Crippen molar-refractivity contribution in [2.45, 2.75) is 104 Å². The maximum Gasteiger partial charge on any atom is 0.294 e. The molecule has 4 rings (SSSR count). The molecule has 0 bridgehead atoms. The van der Waals surface area contributed by atoms with Crippen LogP contribution in [0.3, 0.4) is 0 Å². The Morgan fingerprint density at radius 3 is 1.87 bits per heavy atom. The van der Waals surface area contributed by atoms with Gasteiger partial charge in [0.05, 0.1) is 47.7 Å². The number of carbonyl (C=O) groups is 3. The van der Waals surface area contributed by atoms with Crippen LogP contribution in [0.2, 0.25) is 0 Å². The summed E-state index contributed by atoms with van der Waals surface area (Å²) in [7, 11) is -17.9. The van der Waals surface area contributed by atoms with Crippen LogP contribution < -0.4 is 15.5 Å². The summed E-state index contributed by atoms with van der Waals surface area (Å²) in [4.78, 5) is 37.9. The van der Waals surface area contributed by atoms with Crippen LogP contribution in [0, 0.1) is 0 Å². The number of nitrogens with zero attached hydrogens (tertiary/aromatic N) is 2. The van der Waals surface area contributed by atoms with Crippen molar-refractivity contribution >= 4 is 92.2 Å². The normalized spacial score (nSPS) is 16.3. The highest BCUT2D eigenvalue weighted by Crippen LogP contribution is 2.48. The van der Waals surface area contributed by atoms with Crippen molar-refractivity contribution in [3.63, 3.8) is 0 Å². The van der Waals surface area contributed by atoms with E-state index in [1.807, 2.05) is 52.0 Å². The number of fused-ring (bicyclic) bond motifs is 1. The molecule has 0 saturated heterocycles. The lowest BCUT2D eigenvalue weighted by Crippen LogP contribution is -2.31. The van der Waals surface area contributed by atoms with Gasteiger partial charge in [-0.2, -0.15) is 33.7 Å². The van der Waals surface area contributed by atoms with Crippen molar-refractivity contribution in [2.75, 3.05) is 87.5 Å². The van der Waals surface area contributed by atoms with Crippen LogP contribution in [-0.4, -0.2) is 156 Å². The molecular weight excluding hydrogens is 1220 g/mol. The van der Waals surface area contributed by atoms with Gasteiger partial charge in [0.1, 0.15) is 0 Å². The molecule has 6 N–H and O–H groups in total. The molecule has 1 atom stereocenters. The summed E-state index contributed by atoms with van der Waals surface area (Å²) in [5.41, 5.74) is 1.55. The fraction of sp³-hybridized carbons (Fsp3) is 0.519. The van der Waals surface area contributed by atoms with Gasteiger partial charge in [0.2, 0.25) is 5.91 Å². The Labute approximate surface area is 478 Å². The Morgan fingerprint density at radius 1 is 0.696 bits per heavy atom. The number of allylic oxidation sites excluding steroid dienone is 8. The number of benzene rings is 2. The first-order chi connectivity index (χ1) is 36.9. The molecule has 0 fully saturated rings. The summed E-state index contributed by atoms with van der Waals surface area (Å²) >= 11 is 2.19. The van der Waals surface area contributed by atoms with Gasteiger partial charge < -0.3 is 29.7 Å². The van der Waals surface area contributed by atoms with Gasteiger partial charge in [0.25, 0.3) is 52.3 Å². The molecule has 2 heterocycles. The van der Waals surface area contributed by atoms with Crippen molar-refractivity contribution in [3.8, 4) is 0 Å². The topological polar surface area (TPSA) is 327 Å². The van der Waals surface area contributed by atoms with Crippen LogP contribution in [0.25, 0.3) is 0 Å². The molecule has 79 heavy (non-hydrogen) atoms. The fourth-order valence-corrected chi connectivity index (χ4v) is 10.9. The van der Waals surface area contributed by atoms with Gasteiger partial charge in [-0.15, -0.1) is 0 Å². The summed E-state index contributed by atoms with van der Waals surface area (Å²) in [6.07, 6.45) is 18.6. The summed E-state index contributed by atoms with van der Waals surface area (Å²) in [5.74, 6) is -1.93. The monoisotopic (exact) mass is 1300 g/mol. The number of carbonyl (C=O) groups excluding carboxylic acids is 3. The van der Waals surface area contributed by atoms with Crippen molar-refractivity contribution in [1.82, 2.24) is 10.2 Å². The molecular formula is C52H73IN4O18S4. The molecule has 27 heteroatoms. The Balaban J connectivity index is 1.37. The quantitative estimate of drug-likeness (QED) is 0.0108. The van der Waals surface area contributed by atoms with Gasteiger partial charge in [0, 0.05) is 89.8 Å². The Hall–Kier alpha value is -4.40. The van der Waals surface area contributed by atoms with E-state index in [-0.39, 0.29) is 44.5 Å². The predicted molar refractivity (Wildman–Crippen MR) is 308 cm³/mol. The van der Waals surface area contributed by atoms with Gasteiger partial charge in [-0.05, 0) is 91.3 Å². The molecule has 0 spiro atoms. The number of hydrogen-bond acceptors (Lipinski definition) is 16. The number of unbranched alkanes of at least 4 members (excludes halogenated alkanes) is 3. The number of halogens is 1. The minimum Gasteiger partial charge on any atom is -0.384 e. The van der Waals surface area contributed by atoms with E-state index in [1.54, 1.807) is 17.1 Å². The van der Waals surface area contributed by atoms with Crippen molar-refractivity contribution in [3.05, 3.63) is 107 Å². The molecule has 2 aromatic carbocycles. The Kier molecular flexibility index (Phi) is 26.0. The molecule has 0 aromatic heterocycles. The van der Waals surface area contributed by atoms with E-state index >= 15 is 0 Å². The fourth-order valence-electron chi connectivity index (χ4n) is 8.58. The minimum atomic E-state index is -4.62. The first kappa shape index (κ1) is 67.1. The van der Waals surface area contributed by atoms with Crippen LogP contribution in [0.4, 0.5) is 11.4 Å². The third-order valence-corrected chi connectivity index (χ3v) is 18.0. The second-order valence-corrected chi connectivity index (χ2v) is 27.1. The van der Waals surface area contributed by atoms with Gasteiger partial charge >= 0.3 is 0 Å². The lowest BCUT2D eigenvalue weighted by molar-refractivity contribution is -0.137. The van der Waals surface area contributed by atoms with Gasteiger partial charge in [-0.1, -0.05) is 93.5 Å². The summed E-state index contributed by atoms with van der Waals surface area (Å²) < 4.78 is 150. The van der Waals surface area contributed by atoms with Gasteiger partial charge in [-0.25, -0.2) is 0 Å². The lowest BCUT2D eigenvalue weighted by Gasteiger charge is -2.32. The second-order valence-electron chi connectivity index (χ2n) is 19.7. The number of amides is 3. The first-order valence-corrected chi connectivity index (χ1v) is 32.9. The lowest BCUT2D eigenvalue weighted by atomic mass is 9.80. The van der Waals surface area contributed by atoms with E-state index < -0.39 is 62.8 Å². The molecule has 0 saturated carbocycles. The Morgan fingerprint density at radius 2 is 1.27 bits per heavy atom. The van der Waals surface area contributed by atoms with Crippen LogP contribution in [0.5, 0.6) is 0 Å². The molecule has 440 valence electrons. The smallest absolute Gasteiger partial charge is 0.294 e. The summed E-state index contributed by atoms with van der Waals surface area (Å²) in [5, 5.41) is 5.86. The van der Waals surface area contributed by atoms with Crippen molar-refractivity contribution < 1.29 is 80.5 Å². The molecule has 2 aliphatic heterocycles. The van der Waals surface area contributed by atoms with Gasteiger partial charge in [-0.3, -0.25) is 37.5 Å². The first-order valence-electron chi connectivity index (χ1n) is 25.5. The number of rotatable bonds is 36. The van der Waals surface area contributed by atoms with Gasteiger partial charge in [0.15, 0.2) is 0 Å². The average Bonchev–Trinajstić information content (AvgIpc) is 4.04. The summed E-state index contributed by atoms with van der Waals surface area (Å²) in [6.45, 7) is 10.1. The predicted octanol–water partition coefficient (Wildman–Crippen LogP) is 6.38. The molecule has 3 amide bonds. The van der Waals surface area contributed by atoms with Crippen LogP contribution in [0.15, 0.2) is 106 Å².